The molecule has 0 saturated heterocycles. The molecule has 1 N–H and O–H groups in total. The summed E-state index contributed by atoms with van der Waals surface area (Å²) < 4.78 is 25.9. The zero-order chi connectivity index (χ0) is 16.2. The van der Waals surface area contributed by atoms with E-state index in [0.29, 0.717) is 17.0 Å². The highest BCUT2D eigenvalue weighted by atomic mass is 32.2. The lowest BCUT2D eigenvalue weighted by atomic mass is 10.1. The van der Waals surface area contributed by atoms with Crippen LogP contribution < -0.4 is 4.72 Å². The van der Waals surface area contributed by atoms with Crippen molar-refractivity contribution in [2.24, 2.45) is 0 Å². The van der Waals surface area contributed by atoms with E-state index in [4.69, 9.17) is 0 Å². The first kappa shape index (κ1) is 17.4. The lowest BCUT2D eigenvalue weighted by molar-refractivity contribution is 0.132. The molecule has 5 heteroatoms. The number of benzene rings is 1. The lowest BCUT2D eigenvalue weighted by Crippen LogP contribution is -2.39. The number of hydrogen-bond donors (Lipinski definition) is 1. The molecule has 1 aromatic carbocycles. The van der Waals surface area contributed by atoms with Crippen LogP contribution in [0.1, 0.15) is 51.5 Å². The summed E-state index contributed by atoms with van der Waals surface area (Å²) in [7, 11) is -1.91. The minimum Gasteiger partial charge on any atom is -0.293 e. The maximum atomic E-state index is 11.8. The number of sulfonamides is 1. The Bertz CT molecular complexity index is 563. The van der Waals surface area contributed by atoms with Gasteiger partial charge in [0.1, 0.15) is 0 Å². The van der Waals surface area contributed by atoms with Crippen molar-refractivity contribution in [3.05, 3.63) is 29.8 Å². The Kier molecular flexibility index (Phi) is 6.01. The van der Waals surface area contributed by atoms with Crippen LogP contribution in [0.25, 0.3) is 0 Å². The summed E-state index contributed by atoms with van der Waals surface area (Å²) in [6, 6.07) is 8.51. The molecular weight excluding hydrogens is 296 g/mol. The van der Waals surface area contributed by atoms with Gasteiger partial charge in [0.05, 0.1) is 4.90 Å². The molecule has 0 aromatic heterocycles. The van der Waals surface area contributed by atoms with Gasteiger partial charge >= 0.3 is 0 Å². The minimum atomic E-state index is -3.34. The average Bonchev–Trinajstić information content (AvgIpc) is 3.06. The second-order valence-electron chi connectivity index (χ2n) is 6.22. The van der Waals surface area contributed by atoms with Crippen molar-refractivity contribution in [2.45, 2.75) is 69.5 Å². The van der Waals surface area contributed by atoms with E-state index in [0.717, 1.165) is 13.0 Å². The highest BCUT2D eigenvalue weighted by Crippen LogP contribution is 2.27. The molecule has 1 unspecified atom stereocenters. The van der Waals surface area contributed by atoms with Crippen LogP contribution in [0.15, 0.2) is 29.2 Å². The molecule has 1 aromatic rings. The molecule has 22 heavy (non-hydrogen) atoms. The number of nitrogens with zero attached hydrogens (tertiary/aromatic N) is 1. The molecule has 2 rings (SSSR count). The second kappa shape index (κ2) is 7.57. The fraction of sp³-hybridized carbons (Fsp3) is 0.647. The molecule has 124 valence electrons. The van der Waals surface area contributed by atoms with E-state index < -0.39 is 10.0 Å². The average molecular weight is 324 g/mol. The number of rotatable bonds is 7. The number of hydrogen-bond acceptors (Lipinski definition) is 3. The zero-order valence-electron chi connectivity index (χ0n) is 13.9. The third-order valence-electron chi connectivity index (χ3n) is 4.82. The Morgan fingerprint density at radius 2 is 1.82 bits per heavy atom. The normalized spacial score (nSPS) is 18.0. The third-order valence-corrected chi connectivity index (χ3v) is 6.25. The minimum absolute atomic E-state index is 0.328. The van der Waals surface area contributed by atoms with Crippen molar-refractivity contribution in [1.82, 2.24) is 9.62 Å². The van der Waals surface area contributed by atoms with E-state index in [1.54, 1.807) is 12.1 Å². The van der Waals surface area contributed by atoms with Gasteiger partial charge in [0.15, 0.2) is 0 Å². The molecule has 0 spiro atoms. The van der Waals surface area contributed by atoms with Crippen LogP contribution in [0.3, 0.4) is 0 Å². The van der Waals surface area contributed by atoms with Gasteiger partial charge in [-0.3, -0.25) is 4.90 Å². The highest BCUT2D eigenvalue weighted by Gasteiger charge is 2.25. The van der Waals surface area contributed by atoms with E-state index in [9.17, 15) is 8.42 Å². The fourth-order valence-corrected chi connectivity index (χ4v) is 3.95. The molecule has 1 saturated carbocycles. The quantitative estimate of drug-likeness (QED) is 0.838. The van der Waals surface area contributed by atoms with E-state index in [1.165, 1.54) is 38.3 Å². The first-order valence-electron chi connectivity index (χ1n) is 8.26. The zero-order valence-corrected chi connectivity index (χ0v) is 14.7. The fourth-order valence-electron chi connectivity index (χ4n) is 3.22. The summed E-state index contributed by atoms with van der Waals surface area (Å²) in [5.74, 6) is 0. The second-order valence-corrected chi connectivity index (χ2v) is 8.11. The Morgan fingerprint density at radius 1 is 1.23 bits per heavy atom. The third kappa shape index (κ3) is 4.09. The molecular formula is C17H28N2O2S. The van der Waals surface area contributed by atoms with Gasteiger partial charge in [-0.2, -0.15) is 0 Å². The standard InChI is InChI=1S/C17H28N2O2S/c1-4-14(2)19(16-7-5-6-8-16)13-15-9-11-17(12-10-15)22(20,21)18-3/h9-12,14,16,18H,4-8,13H2,1-3H3. The summed E-state index contributed by atoms with van der Waals surface area (Å²) in [6.07, 6.45) is 6.38. The summed E-state index contributed by atoms with van der Waals surface area (Å²) in [4.78, 5) is 2.92. The van der Waals surface area contributed by atoms with Gasteiger partial charge in [-0.25, -0.2) is 13.1 Å². The summed E-state index contributed by atoms with van der Waals surface area (Å²) in [5, 5.41) is 0. The van der Waals surface area contributed by atoms with Crippen molar-refractivity contribution in [1.29, 1.82) is 0 Å². The summed E-state index contributed by atoms with van der Waals surface area (Å²) in [5.41, 5.74) is 1.18. The Balaban J connectivity index is 2.13. The van der Waals surface area contributed by atoms with Crippen molar-refractivity contribution >= 4 is 10.0 Å². The van der Waals surface area contributed by atoms with Crippen molar-refractivity contribution < 1.29 is 8.42 Å². The van der Waals surface area contributed by atoms with E-state index >= 15 is 0 Å². The predicted molar refractivity (Wildman–Crippen MR) is 90.2 cm³/mol. The van der Waals surface area contributed by atoms with Crippen LogP contribution in [0.5, 0.6) is 0 Å². The van der Waals surface area contributed by atoms with E-state index in [-0.39, 0.29) is 0 Å². The molecule has 0 aliphatic heterocycles. The SMILES string of the molecule is CCC(C)N(Cc1ccc(S(=O)(=O)NC)cc1)C1CCCC1. The maximum Gasteiger partial charge on any atom is 0.240 e. The van der Waals surface area contributed by atoms with Crippen LogP contribution in [0.4, 0.5) is 0 Å². The van der Waals surface area contributed by atoms with Crippen molar-refractivity contribution in [3.8, 4) is 0 Å². The molecule has 0 heterocycles. The number of nitrogens with one attached hydrogen (secondary N) is 1. The Morgan fingerprint density at radius 3 is 2.32 bits per heavy atom. The van der Waals surface area contributed by atoms with Crippen LogP contribution in [0.2, 0.25) is 0 Å². The molecule has 1 atom stereocenters. The topological polar surface area (TPSA) is 49.4 Å². The highest BCUT2D eigenvalue weighted by molar-refractivity contribution is 7.89. The Labute approximate surface area is 135 Å². The first-order chi connectivity index (χ1) is 10.5. The summed E-state index contributed by atoms with van der Waals surface area (Å²) in [6.45, 7) is 5.42. The molecule has 0 bridgehead atoms. The first-order valence-corrected chi connectivity index (χ1v) is 9.74. The largest absolute Gasteiger partial charge is 0.293 e. The monoisotopic (exact) mass is 324 g/mol. The predicted octanol–water partition coefficient (Wildman–Crippen LogP) is 3.14. The van der Waals surface area contributed by atoms with E-state index in [2.05, 4.69) is 23.5 Å². The maximum absolute atomic E-state index is 11.8. The molecule has 1 aliphatic rings. The van der Waals surface area contributed by atoms with Crippen molar-refractivity contribution in [3.63, 3.8) is 0 Å². The summed E-state index contributed by atoms with van der Waals surface area (Å²) >= 11 is 0. The Hall–Kier alpha value is -0.910. The van der Waals surface area contributed by atoms with Gasteiger partial charge in [-0.15, -0.1) is 0 Å². The van der Waals surface area contributed by atoms with Gasteiger partial charge in [0.25, 0.3) is 0 Å². The van der Waals surface area contributed by atoms with Crippen LogP contribution in [-0.2, 0) is 16.6 Å². The smallest absolute Gasteiger partial charge is 0.240 e. The van der Waals surface area contributed by atoms with Gasteiger partial charge in [0, 0.05) is 18.6 Å². The van der Waals surface area contributed by atoms with E-state index in [1.807, 2.05) is 12.1 Å². The van der Waals surface area contributed by atoms with Crippen LogP contribution in [0, 0.1) is 0 Å². The van der Waals surface area contributed by atoms with Gasteiger partial charge in [-0.1, -0.05) is 31.9 Å². The van der Waals surface area contributed by atoms with Crippen LogP contribution in [-0.4, -0.2) is 32.4 Å². The molecule has 1 fully saturated rings. The van der Waals surface area contributed by atoms with Gasteiger partial charge in [-0.05, 0) is 50.9 Å². The molecule has 0 radical (unpaired) electrons. The van der Waals surface area contributed by atoms with Gasteiger partial charge in [0.2, 0.25) is 10.0 Å². The van der Waals surface area contributed by atoms with Crippen LogP contribution >= 0.6 is 0 Å². The molecule has 4 nitrogen and oxygen atoms in total. The van der Waals surface area contributed by atoms with Gasteiger partial charge < -0.3 is 0 Å². The lowest BCUT2D eigenvalue weighted by Gasteiger charge is -2.34. The molecule has 1 aliphatic carbocycles. The molecule has 0 amide bonds. The van der Waals surface area contributed by atoms with Crippen molar-refractivity contribution in [2.75, 3.05) is 7.05 Å².